The molecule has 0 aliphatic heterocycles. The van der Waals surface area contributed by atoms with Crippen molar-refractivity contribution in [3.63, 3.8) is 0 Å². The van der Waals surface area contributed by atoms with Crippen molar-refractivity contribution in [2.24, 2.45) is 11.8 Å². The van der Waals surface area contributed by atoms with Crippen molar-refractivity contribution in [1.29, 1.82) is 0 Å². The molecule has 1 saturated carbocycles. The summed E-state index contributed by atoms with van der Waals surface area (Å²) in [6.45, 7) is 2.75. The summed E-state index contributed by atoms with van der Waals surface area (Å²) in [4.78, 5) is 0. The fourth-order valence-electron chi connectivity index (χ4n) is 2.63. The maximum atomic E-state index is 5.85. The highest BCUT2D eigenvalue weighted by Crippen LogP contribution is 2.30. The van der Waals surface area contributed by atoms with Crippen LogP contribution in [0.1, 0.15) is 45.4 Å². The average molecular weight is 224 g/mol. The molecule has 0 aromatic heterocycles. The highest BCUT2D eigenvalue weighted by molar-refractivity contribution is 4.94. The van der Waals surface area contributed by atoms with Gasteiger partial charge < -0.3 is 4.74 Å². The molecule has 1 aliphatic rings. The van der Waals surface area contributed by atoms with Gasteiger partial charge in [-0.1, -0.05) is 19.3 Å². The lowest BCUT2D eigenvalue weighted by Crippen LogP contribution is -2.48. The Morgan fingerprint density at radius 2 is 2.12 bits per heavy atom. The molecule has 92 valence electrons. The van der Waals surface area contributed by atoms with Crippen LogP contribution < -0.4 is 11.3 Å². The maximum Gasteiger partial charge on any atom is 0.0778 e. The van der Waals surface area contributed by atoms with Gasteiger partial charge in [0.25, 0.3) is 0 Å². The summed E-state index contributed by atoms with van der Waals surface area (Å²) in [5, 5.41) is 0. The van der Waals surface area contributed by atoms with E-state index in [4.69, 9.17) is 17.0 Å². The fourth-order valence-corrected chi connectivity index (χ4v) is 2.63. The van der Waals surface area contributed by atoms with Crippen molar-refractivity contribution < 1.29 is 4.74 Å². The average Bonchev–Trinajstić information content (AvgIpc) is 2.35. The van der Waals surface area contributed by atoms with Crippen molar-refractivity contribution in [3.8, 4) is 12.3 Å². The molecule has 0 aromatic rings. The number of nitrogens with one attached hydrogen (secondary N) is 1. The molecule has 2 atom stereocenters. The van der Waals surface area contributed by atoms with E-state index in [9.17, 15) is 0 Å². The molecular weight excluding hydrogens is 200 g/mol. The van der Waals surface area contributed by atoms with E-state index in [1.54, 1.807) is 0 Å². The zero-order chi connectivity index (χ0) is 11.8. The van der Waals surface area contributed by atoms with Gasteiger partial charge in [0, 0.05) is 13.0 Å². The van der Waals surface area contributed by atoms with Crippen molar-refractivity contribution in [2.45, 2.75) is 57.6 Å². The highest BCUT2D eigenvalue weighted by atomic mass is 16.5. The molecule has 0 bridgehead atoms. The summed E-state index contributed by atoms with van der Waals surface area (Å²) >= 11 is 0. The van der Waals surface area contributed by atoms with Crippen molar-refractivity contribution >= 4 is 0 Å². The molecule has 1 rings (SSSR count). The molecular formula is C13H24N2O. The normalized spacial score (nSPS) is 21.3. The van der Waals surface area contributed by atoms with Gasteiger partial charge in [-0.15, -0.1) is 12.3 Å². The van der Waals surface area contributed by atoms with Crippen LogP contribution in [0.2, 0.25) is 0 Å². The van der Waals surface area contributed by atoms with E-state index in [1.165, 1.54) is 32.1 Å². The van der Waals surface area contributed by atoms with Crippen LogP contribution in [0.5, 0.6) is 0 Å². The zero-order valence-corrected chi connectivity index (χ0v) is 10.2. The van der Waals surface area contributed by atoms with Gasteiger partial charge in [-0.05, 0) is 25.7 Å². The molecule has 3 nitrogen and oxygen atoms in total. The lowest BCUT2D eigenvalue weighted by Gasteiger charge is -2.34. The minimum atomic E-state index is 0.0908. The lowest BCUT2D eigenvalue weighted by molar-refractivity contribution is -0.0164. The van der Waals surface area contributed by atoms with Gasteiger partial charge >= 0.3 is 0 Å². The standard InChI is InChI=1S/C13H24N2O/c1-3-8-12(15-14)13(16-4-2)11-9-6-5-7-10-11/h1,11-13,15H,4-10,14H2,2H3. The summed E-state index contributed by atoms with van der Waals surface area (Å²) in [6, 6.07) is 0.0908. The Kier molecular flexibility index (Phi) is 6.47. The Bertz CT molecular complexity index is 218. The molecule has 0 aromatic carbocycles. The van der Waals surface area contributed by atoms with Crippen LogP contribution in [0.25, 0.3) is 0 Å². The first-order chi connectivity index (χ1) is 7.83. The predicted molar refractivity (Wildman–Crippen MR) is 66.6 cm³/mol. The molecule has 3 N–H and O–H groups in total. The Morgan fingerprint density at radius 1 is 1.44 bits per heavy atom. The molecule has 1 aliphatic carbocycles. The van der Waals surface area contributed by atoms with E-state index in [-0.39, 0.29) is 12.1 Å². The molecule has 0 radical (unpaired) electrons. The van der Waals surface area contributed by atoms with Crippen LogP contribution in [-0.2, 0) is 4.74 Å². The number of hydrazine groups is 1. The Hall–Kier alpha value is -0.560. The van der Waals surface area contributed by atoms with E-state index in [1.807, 2.05) is 6.92 Å². The van der Waals surface area contributed by atoms with E-state index in [0.29, 0.717) is 12.3 Å². The van der Waals surface area contributed by atoms with E-state index in [0.717, 1.165) is 6.61 Å². The number of ether oxygens (including phenoxy) is 1. The molecule has 1 fully saturated rings. The van der Waals surface area contributed by atoms with Crippen LogP contribution in [0.15, 0.2) is 0 Å². The quantitative estimate of drug-likeness (QED) is 0.411. The van der Waals surface area contributed by atoms with E-state index in [2.05, 4.69) is 11.3 Å². The van der Waals surface area contributed by atoms with Gasteiger partial charge in [0.1, 0.15) is 0 Å². The van der Waals surface area contributed by atoms with Gasteiger partial charge in [-0.25, -0.2) is 0 Å². The first-order valence-electron chi connectivity index (χ1n) is 6.34. The highest BCUT2D eigenvalue weighted by Gasteiger charge is 2.30. The summed E-state index contributed by atoms with van der Waals surface area (Å²) < 4.78 is 5.85. The second-order valence-electron chi connectivity index (χ2n) is 4.50. The predicted octanol–water partition coefficient (Wildman–Crippen LogP) is 1.83. The molecule has 2 unspecified atom stereocenters. The van der Waals surface area contributed by atoms with Gasteiger partial charge in [0.15, 0.2) is 0 Å². The van der Waals surface area contributed by atoms with Crippen LogP contribution in [0.4, 0.5) is 0 Å². The van der Waals surface area contributed by atoms with Crippen LogP contribution >= 0.6 is 0 Å². The molecule has 0 amide bonds. The van der Waals surface area contributed by atoms with Gasteiger partial charge in [-0.2, -0.15) is 0 Å². The second kappa shape index (κ2) is 7.67. The summed E-state index contributed by atoms with van der Waals surface area (Å²) in [5.74, 6) is 8.86. The van der Waals surface area contributed by atoms with Gasteiger partial charge in [-0.3, -0.25) is 11.3 Å². The molecule has 3 heteroatoms. The van der Waals surface area contributed by atoms with E-state index >= 15 is 0 Å². The SMILES string of the molecule is C#CCC(NN)C(OCC)C1CCCCC1. The number of terminal acetylenes is 1. The van der Waals surface area contributed by atoms with Crippen molar-refractivity contribution in [2.75, 3.05) is 6.61 Å². The molecule has 0 heterocycles. The van der Waals surface area contributed by atoms with Crippen molar-refractivity contribution in [1.82, 2.24) is 5.43 Å². The first-order valence-corrected chi connectivity index (χ1v) is 6.34. The van der Waals surface area contributed by atoms with Crippen LogP contribution in [0.3, 0.4) is 0 Å². The summed E-state index contributed by atoms with van der Waals surface area (Å²) in [5.41, 5.74) is 2.82. The molecule has 0 spiro atoms. The summed E-state index contributed by atoms with van der Waals surface area (Å²) in [7, 11) is 0. The smallest absolute Gasteiger partial charge is 0.0778 e. The summed E-state index contributed by atoms with van der Waals surface area (Å²) in [6.07, 6.45) is 12.6. The Balaban J connectivity index is 2.59. The van der Waals surface area contributed by atoms with E-state index < -0.39 is 0 Å². The van der Waals surface area contributed by atoms with Crippen LogP contribution in [-0.4, -0.2) is 18.8 Å². The minimum absolute atomic E-state index is 0.0908. The fraction of sp³-hybridized carbons (Fsp3) is 0.846. The number of rotatable bonds is 6. The third kappa shape index (κ3) is 3.79. The minimum Gasteiger partial charge on any atom is -0.377 e. The Labute approximate surface area is 99.1 Å². The number of nitrogens with two attached hydrogens (primary N) is 1. The Morgan fingerprint density at radius 3 is 2.62 bits per heavy atom. The van der Waals surface area contributed by atoms with Crippen molar-refractivity contribution in [3.05, 3.63) is 0 Å². The number of hydrogen-bond acceptors (Lipinski definition) is 3. The maximum absolute atomic E-state index is 5.85. The molecule has 0 saturated heterocycles. The first kappa shape index (κ1) is 13.5. The molecule has 16 heavy (non-hydrogen) atoms. The monoisotopic (exact) mass is 224 g/mol. The zero-order valence-electron chi connectivity index (χ0n) is 10.2. The number of hydrogen-bond donors (Lipinski definition) is 2. The van der Waals surface area contributed by atoms with Gasteiger partial charge in [0.2, 0.25) is 0 Å². The lowest BCUT2D eigenvalue weighted by atomic mass is 9.82. The second-order valence-corrected chi connectivity index (χ2v) is 4.50. The third-order valence-corrected chi connectivity index (χ3v) is 3.42. The van der Waals surface area contributed by atoms with Gasteiger partial charge in [0.05, 0.1) is 12.1 Å². The largest absolute Gasteiger partial charge is 0.377 e. The topological polar surface area (TPSA) is 47.3 Å². The van der Waals surface area contributed by atoms with Crippen LogP contribution in [0, 0.1) is 18.3 Å². The third-order valence-electron chi connectivity index (χ3n) is 3.42.